The van der Waals surface area contributed by atoms with Gasteiger partial charge in [0.2, 0.25) is 11.9 Å². The zero-order chi connectivity index (χ0) is 24.5. The van der Waals surface area contributed by atoms with Crippen LogP contribution in [0.1, 0.15) is 32.2 Å². The van der Waals surface area contributed by atoms with E-state index in [0.717, 1.165) is 16.8 Å². The lowest BCUT2D eigenvalue weighted by Gasteiger charge is -2.30. The number of likely N-dealkylation sites (N-methyl/N-ethyl adjacent to an activating group) is 1. The molecule has 0 fully saturated rings. The number of pyridine rings is 1. The number of rotatable bonds is 7. The van der Waals surface area contributed by atoms with Crippen LogP contribution in [0.5, 0.6) is 0 Å². The Balaban J connectivity index is 1.61. The first-order chi connectivity index (χ1) is 16.2. The second-order valence-corrected chi connectivity index (χ2v) is 8.76. The summed E-state index contributed by atoms with van der Waals surface area (Å²) in [4.78, 5) is 30.8. The summed E-state index contributed by atoms with van der Waals surface area (Å²) in [5.41, 5.74) is 8.13. The van der Waals surface area contributed by atoms with Crippen LogP contribution in [0.25, 0.3) is 22.7 Å². The number of amides is 1. The lowest BCUT2D eigenvalue weighted by molar-refractivity contribution is -0.129. The van der Waals surface area contributed by atoms with Gasteiger partial charge < -0.3 is 15.2 Å². The quantitative estimate of drug-likeness (QED) is 0.439. The Morgan fingerprint density at radius 3 is 2.47 bits per heavy atom. The molecule has 4 heterocycles. The highest BCUT2D eigenvalue weighted by Gasteiger charge is 2.38. The Bertz CT molecular complexity index is 1280. The monoisotopic (exact) mass is 461 g/mol. The standard InChI is InChI=1S/C23H27N9O2/c1-14(2)23(3,17-6-7-18(25-11-17)15-8-26-22(24)27-9-15)21-29-20(34-30-21)16-10-28-32(12-16)13-19(33)31(4)5/h6-12,14H,13H2,1-5H3,(H2,24,26,27)/t23-/m0/s1. The predicted octanol–water partition coefficient (Wildman–Crippen LogP) is 2.42. The number of carbonyl (C=O) groups is 1. The number of aromatic nitrogens is 7. The number of nitrogens with zero attached hydrogens (tertiary/aromatic N) is 8. The molecule has 0 aliphatic heterocycles. The van der Waals surface area contributed by atoms with Crippen molar-refractivity contribution < 1.29 is 9.32 Å². The highest BCUT2D eigenvalue weighted by atomic mass is 16.5. The summed E-state index contributed by atoms with van der Waals surface area (Å²) in [6, 6.07) is 3.91. The van der Waals surface area contributed by atoms with Crippen LogP contribution in [-0.2, 0) is 16.8 Å². The number of nitrogens with two attached hydrogens (primary N) is 1. The van der Waals surface area contributed by atoms with Crippen molar-refractivity contribution in [2.45, 2.75) is 32.7 Å². The van der Waals surface area contributed by atoms with Gasteiger partial charge in [-0.1, -0.05) is 25.1 Å². The summed E-state index contributed by atoms with van der Waals surface area (Å²) < 4.78 is 7.13. The van der Waals surface area contributed by atoms with E-state index in [9.17, 15) is 4.79 Å². The van der Waals surface area contributed by atoms with Gasteiger partial charge >= 0.3 is 0 Å². The third-order valence-corrected chi connectivity index (χ3v) is 6.05. The molecule has 0 bridgehead atoms. The highest BCUT2D eigenvalue weighted by Crippen LogP contribution is 2.38. The second-order valence-electron chi connectivity index (χ2n) is 8.76. The van der Waals surface area contributed by atoms with Crippen LogP contribution in [-0.4, -0.2) is 59.8 Å². The van der Waals surface area contributed by atoms with Gasteiger partial charge in [-0.2, -0.15) is 10.1 Å². The zero-order valence-corrected chi connectivity index (χ0v) is 19.8. The molecule has 0 aliphatic rings. The van der Waals surface area contributed by atoms with E-state index >= 15 is 0 Å². The molecule has 0 radical (unpaired) electrons. The van der Waals surface area contributed by atoms with E-state index in [4.69, 9.17) is 10.3 Å². The molecular formula is C23H27N9O2. The van der Waals surface area contributed by atoms with Gasteiger partial charge in [0.1, 0.15) is 6.54 Å². The maximum Gasteiger partial charge on any atom is 0.261 e. The van der Waals surface area contributed by atoms with E-state index in [1.165, 1.54) is 4.90 Å². The van der Waals surface area contributed by atoms with Crippen LogP contribution in [0.15, 0.2) is 47.6 Å². The van der Waals surface area contributed by atoms with Gasteiger partial charge in [0.25, 0.3) is 5.89 Å². The van der Waals surface area contributed by atoms with Crippen LogP contribution >= 0.6 is 0 Å². The van der Waals surface area contributed by atoms with Gasteiger partial charge in [0, 0.05) is 44.4 Å². The Morgan fingerprint density at radius 1 is 1.12 bits per heavy atom. The highest BCUT2D eigenvalue weighted by molar-refractivity contribution is 5.75. The van der Waals surface area contributed by atoms with Gasteiger partial charge in [-0.25, -0.2) is 9.97 Å². The summed E-state index contributed by atoms with van der Waals surface area (Å²) in [6.45, 7) is 6.40. The summed E-state index contributed by atoms with van der Waals surface area (Å²) in [6.07, 6.45) is 8.43. The van der Waals surface area contributed by atoms with E-state index in [1.54, 1.807) is 43.6 Å². The fourth-order valence-corrected chi connectivity index (χ4v) is 3.45. The molecule has 0 aromatic carbocycles. The Hall–Kier alpha value is -4.15. The molecule has 4 aromatic rings. The molecule has 0 unspecified atom stereocenters. The van der Waals surface area contributed by atoms with Crippen LogP contribution < -0.4 is 5.73 Å². The average molecular weight is 462 g/mol. The van der Waals surface area contributed by atoms with Crippen molar-refractivity contribution >= 4 is 11.9 Å². The van der Waals surface area contributed by atoms with Crippen LogP contribution in [0.3, 0.4) is 0 Å². The van der Waals surface area contributed by atoms with Gasteiger partial charge in [-0.3, -0.25) is 14.5 Å². The summed E-state index contributed by atoms with van der Waals surface area (Å²) >= 11 is 0. The zero-order valence-electron chi connectivity index (χ0n) is 19.8. The van der Waals surface area contributed by atoms with Crippen molar-refractivity contribution in [1.29, 1.82) is 0 Å². The molecule has 4 aromatic heterocycles. The predicted molar refractivity (Wildman–Crippen MR) is 125 cm³/mol. The lowest BCUT2D eigenvalue weighted by Crippen LogP contribution is -2.31. The fraction of sp³-hybridized carbons (Fsp3) is 0.348. The van der Waals surface area contributed by atoms with Crippen molar-refractivity contribution in [1.82, 2.24) is 39.8 Å². The SMILES string of the molecule is CC(C)[C@@](C)(c1ccc(-c2cnc(N)nc2)nc1)c1noc(-c2cnn(CC(=O)N(C)C)c2)n1. The smallest absolute Gasteiger partial charge is 0.261 e. The van der Waals surface area contributed by atoms with Gasteiger partial charge in [0.15, 0.2) is 5.82 Å². The molecule has 2 N–H and O–H groups in total. The van der Waals surface area contributed by atoms with Crippen LogP contribution in [0.2, 0.25) is 0 Å². The van der Waals surface area contributed by atoms with E-state index in [0.29, 0.717) is 17.3 Å². The van der Waals surface area contributed by atoms with Crippen molar-refractivity contribution in [3.8, 4) is 22.7 Å². The number of anilines is 1. The molecule has 0 aliphatic carbocycles. The second kappa shape index (κ2) is 9.00. The van der Waals surface area contributed by atoms with E-state index in [1.807, 2.05) is 18.3 Å². The van der Waals surface area contributed by atoms with Crippen molar-refractivity contribution in [3.63, 3.8) is 0 Å². The van der Waals surface area contributed by atoms with E-state index in [2.05, 4.69) is 51.0 Å². The number of carbonyl (C=O) groups excluding carboxylic acids is 1. The minimum atomic E-state index is -0.554. The first-order valence-corrected chi connectivity index (χ1v) is 10.8. The normalized spacial score (nSPS) is 13.1. The molecule has 11 nitrogen and oxygen atoms in total. The van der Waals surface area contributed by atoms with Crippen LogP contribution in [0.4, 0.5) is 5.95 Å². The Morgan fingerprint density at radius 2 is 1.85 bits per heavy atom. The molecule has 11 heteroatoms. The topological polar surface area (TPSA) is 142 Å². The third-order valence-electron chi connectivity index (χ3n) is 6.05. The minimum absolute atomic E-state index is 0.0604. The maximum atomic E-state index is 12.0. The molecule has 1 atom stereocenters. The lowest BCUT2D eigenvalue weighted by atomic mass is 9.73. The molecule has 0 spiro atoms. The average Bonchev–Trinajstić information content (AvgIpc) is 3.49. The first-order valence-electron chi connectivity index (χ1n) is 10.8. The molecule has 176 valence electrons. The summed E-state index contributed by atoms with van der Waals surface area (Å²) in [7, 11) is 3.41. The fourth-order valence-electron chi connectivity index (χ4n) is 3.45. The van der Waals surface area contributed by atoms with Gasteiger partial charge in [-0.15, -0.1) is 0 Å². The van der Waals surface area contributed by atoms with Gasteiger partial charge in [0.05, 0.1) is 22.9 Å². The summed E-state index contributed by atoms with van der Waals surface area (Å²) in [5, 5.41) is 8.53. The summed E-state index contributed by atoms with van der Waals surface area (Å²) in [5.74, 6) is 1.19. The number of hydrogen-bond acceptors (Lipinski definition) is 9. The number of hydrogen-bond donors (Lipinski definition) is 1. The van der Waals surface area contributed by atoms with Crippen LogP contribution in [0, 0.1) is 5.92 Å². The van der Waals surface area contributed by atoms with Crippen molar-refractivity contribution in [3.05, 3.63) is 54.5 Å². The number of nitrogen functional groups attached to an aromatic ring is 1. The molecule has 0 saturated carbocycles. The molecule has 34 heavy (non-hydrogen) atoms. The van der Waals surface area contributed by atoms with E-state index < -0.39 is 5.41 Å². The van der Waals surface area contributed by atoms with Crippen molar-refractivity contribution in [2.75, 3.05) is 19.8 Å². The largest absolute Gasteiger partial charge is 0.368 e. The Labute approximate surface area is 197 Å². The Kier molecular flexibility index (Phi) is 6.10. The molecular weight excluding hydrogens is 434 g/mol. The van der Waals surface area contributed by atoms with Gasteiger partial charge in [-0.05, 0) is 24.5 Å². The minimum Gasteiger partial charge on any atom is -0.368 e. The molecule has 0 saturated heterocycles. The van der Waals surface area contributed by atoms with E-state index in [-0.39, 0.29) is 24.3 Å². The molecule has 4 rings (SSSR count). The third kappa shape index (κ3) is 4.36. The first kappa shape index (κ1) is 23.0. The maximum absolute atomic E-state index is 12.0. The molecule has 1 amide bonds. The van der Waals surface area contributed by atoms with Crippen molar-refractivity contribution in [2.24, 2.45) is 5.92 Å².